The summed E-state index contributed by atoms with van der Waals surface area (Å²) in [5.41, 5.74) is 2.31. The van der Waals surface area contributed by atoms with Gasteiger partial charge >= 0.3 is 5.97 Å². The topological polar surface area (TPSA) is 66.4 Å². The first kappa shape index (κ1) is 25.3. The zero-order chi connectivity index (χ0) is 25.7. The van der Waals surface area contributed by atoms with E-state index < -0.39 is 17.4 Å². The minimum absolute atomic E-state index is 0.139. The third kappa shape index (κ3) is 3.87. The molecule has 6 atom stereocenters. The number of carboxylic acids is 1. The Hall–Kier alpha value is -2.36. The van der Waals surface area contributed by atoms with Gasteiger partial charge in [-0.3, -0.25) is 4.79 Å². The third-order valence-corrected chi connectivity index (χ3v) is 11.1. The van der Waals surface area contributed by atoms with Gasteiger partial charge in [0.1, 0.15) is 0 Å². The van der Waals surface area contributed by atoms with Crippen LogP contribution in [0.5, 0.6) is 0 Å². The van der Waals surface area contributed by atoms with E-state index in [4.69, 9.17) is 0 Å². The molecule has 194 valence electrons. The van der Waals surface area contributed by atoms with Gasteiger partial charge in [0, 0.05) is 5.57 Å². The lowest BCUT2D eigenvalue weighted by atomic mass is 9.48. The molecule has 1 amide bonds. The second kappa shape index (κ2) is 9.19. The smallest absolute Gasteiger partial charge is 0.332 e. The van der Waals surface area contributed by atoms with Crippen LogP contribution in [0, 0.1) is 34.5 Å². The van der Waals surface area contributed by atoms with Gasteiger partial charge in [-0.15, -0.1) is 0 Å². The van der Waals surface area contributed by atoms with Crippen LogP contribution in [-0.4, -0.2) is 17.0 Å². The molecule has 36 heavy (non-hydrogen) atoms. The van der Waals surface area contributed by atoms with Gasteiger partial charge in [-0.25, -0.2) is 4.79 Å². The fourth-order valence-corrected chi connectivity index (χ4v) is 8.84. The molecule has 4 aliphatic carbocycles. The summed E-state index contributed by atoms with van der Waals surface area (Å²) in [7, 11) is 0. The lowest BCUT2D eigenvalue weighted by Gasteiger charge is -2.57. The van der Waals surface area contributed by atoms with Gasteiger partial charge in [-0.1, -0.05) is 70.5 Å². The lowest BCUT2D eigenvalue weighted by molar-refractivity contribution is -0.137. The summed E-state index contributed by atoms with van der Waals surface area (Å²) in [6.45, 7) is 9.02. The summed E-state index contributed by atoms with van der Waals surface area (Å²) in [4.78, 5) is 26.4. The number of rotatable bonds is 6. The van der Waals surface area contributed by atoms with E-state index in [0.717, 1.165) is 36.3 Å². The Morgan fingerprint density at radius 2 is 1.78 bits per heavy atom. The number of amides is 1. The predicted octanol–water partition coefficient (Wildman–Crippen LogP) is 7.02. The van der Waals surface area contributed by atoms with Gasteiger partial charge in [-0.05, 0) is 97.2 Å². The number of allylic oxidation sites excluding steroid dienone is 3. The van der Waals surface area contributed by atoms with Crippen LogP contribution in [0.1, 0.15) is 91.0 Å². The molecule has 1 aromatic carbocycles. The van der Waals surface area contributed by atoms with E-state index in [1.54, 1.807) is 0 Å². The maximum Gasteiger partial charge on any atom is 0.332 e. The molecule has 0 spiro atoms. The molecule has 1 aromatic rings. The zero-order valence-electron chi connectivity index (χ0n) is 22.5. The first-order valence-corrected chi connectivity index (χ1v) is 14.2. The highest BCUT2D eigenvalue weighted by Crippen LogP contribution is 2.65. The van der Waals surface area contributed by atoms with Gasteiger partial charge in [0.05, 0.1) is 11.5 Å². The molecule has 2 saturated carbocycles. The molecule has 0 saturated heterocycles. The van der Waals surface area contributed by atoms with Gasteiger partial charge in [-0.2, -0.15) is 0 Å². The van der Waals surface area contributed by atoms with E-state index in [2.05, 4.69) is 51.2 Å². The summed E-state index contributed by atoms with van der Waals surface area (Å²) in [5, 5.41) is 13.5. The van der Waals surface area contributed by atoms with Crippen LogP contribution in [0.4, 0.5) is 0 Å². The number of hydrogen-bond donors (Lipinski definition) is 2. The van der Waals surface area contributed by atoms with Gasteiger partial charge < -0.3 is 10.4 Å². The van der Waals surface area contributed by atoms with E-state index in [0.29, 0.717) is 23.7 Å². The van der Waals surface area contributed by atoms with E-state index in [9.17, 15) is 14.7 Å². The van der Waals surface area contributed by atoms with Crippen molar-refractivity contribution in [3.63, 3.8) is 0 Å². The molecule has 2 N–H and O–H groups in total. The summed E-state index contributed by atoms with van der Waals surface area (Å²) in [6.07, 6.45) is 13.8. The van der Waals surface area contributed by atoms with Crippen molar-refractivity contribution in [1.29, 1.82) is 0 Å². The highest BCUT2D eigenvalue weighted by molar-refractivity contribution is 5.97. The predicted molar refractivity (Wildman–Crippen MR) is 143 cm³/mol. The monoisotopic (exact) mass is 489 g/mol. The molecule has 1 unspecified atom stereocenters. The van der Waals surface area contributed by atoms with Crippen molar-refractivity contribution in [2.75, 3.05) is 0 Å². The number of carbonyl (C=O) groups excluding carboxylic acids is 1. The average molecular weight is 490 g/mol. The second-order valence-electron chi connectivity index (χ2n) is 12.6. The van der Waals surface area contributed by atoms with E-state index in [1.807, 2.05) is 24.3 Å². The molecule has 5 rings (SSSR count). The number of hydrogen-bond acceptors (Lipinski definition) is 2. The fraction of sp³-hybridized carbons (Fsp3) is 0.625. The fourth-order valence-electron chi connectivity index (χ4n) is 8.84. The molecular formula is C32H43NO3. The first-order chi connectivity index (χ1) is 17.2. The number of fused-ring (bicyclic) bond motifs is 5. The Morgan fingerprint density at radius 3 is 2.44 bits per heavy atom. The quantitative estimate of drug-likeness (QED) is 0.451. The molecule has 0 heterocycles. The molecule has 4 heteroatoms. The maximum absolute atomic E-state index is 14.0. The van der Waals surface area contributed by atoms with Gasteiger partial charge in [0.2, 0.25) is 5.91 Å². The zero-order valence-corrected chi connectivity index (χ0v) is 22.5. The Morgan fingerprint density at radius 1 is 1.06 bits per heavy atom. The van der Waals surface area contributed by atoms with E-state index in [-0.39, 0.29) is 16.9 Å². The molecule has 0 aliphatic heterocycles. The third-order valence-electron chi connectivity index (χ3n) is 11.1. The maximum atomic E-state index is 14.0. The van der Waals surface area contributed by atoms with E-state index in [1.165, 1.54) is 32.1 Å². The normalized spacial score (nSPS) is 35.6. The summed E-state index contributed by atoms with van der Waals surface area (Å²) < 4.78 is 0. The number of nitrogens with one attached hydrogen (secondary N) is 1. The van der Waals surface area contributed by atoms with Crippen molar-refractivity contribution in [1.82, 2.24) is 5.32 Å². The number of carboxylic acid groups (broad SMARTS) is 1. The molecule has 4 nitrogen and oxygen atoms in total. The summed E-state index contributed by atoms with van der Waals surface area (Å²) in [5.74, 6) is 0.186. The van der Waals surface area contributed by atoms with Crippen LogP contribution in [0.2, 0.25) is 0 Å². The van der Waals surface area contributed by atoms with Crippen LogP contribution in [0.3, 0.4) is 0 Å². The first-order valence-electron chi connectivity index (χ1n) is 14.2. The molecular weight excluding hydrogens is 446 g/mol. The SMILES string of the molecule is CCC(CC)(NC(=O)C1C[C@@]2(C)C(=CC[C@H]3[C@@H]4CCC[C@@]4(C)CC[C@@H]32)C=C1C(=O)O)c1ccccc1. The molecule has 4 aliphatic rings. The highest BCUT2D eigenvalue weighted by Gasteiger charge is 2.57. The number of carbonyl (C=O) groups is 2. The van der Waals surface area contributed by atoms with Gasteiger partial charge in [0.15, 0.2) is 0 Å². The Labute approximate surface area is 216 Å². The highest BCUT2D eigenvalue weighted by atomic mass is 16.4. The van der Waals surface area contributed by atoms with Crippen molar-refractivity contribution < 1.29 is 14.7 Å². The molecule has 0 radical (unpaired) electrons. The van der Waals surface area contributed by atoms with Crippen molar-refractivity contribution in [3.05, 3.63) is 59.2 Å². The summed E-state index contributed by atoms with van der Waals surface area (Å²) >= 11 is 0. The van der Waals surface area contributed by atoms with Crippen LogP contribution in [-0.2, 0) is 15.1 Å². The van der Waals surface area contributed by atoms with Crippen LogP contribution >= 0.6 is 0 Å². The molecule has 2 fully saturated rings. The minimum Gasteiger partial charge on any atom is -0.478 e. The van der Waals surface area contributed by atoms with Crippen LogP contribution < -0.4 is 5.32 Å². The van der Waals surface area contributed by atoms with Crippen molar-refractivity contribution in [3.8, 4) is 0 Å². The van der Waals surface area contributed by atoms with Crippen LogP contribution in [0.25, 0.3) is 0 Å². The Balaban J connectivity index is 1.48. The minimum atomic E-state index is -0.967. The Kier molecular flexibility index (Phi) is 6.46. The standard InChI is InChI=1S/C32H43NO3/c1-5-32(6-2,21-11-8-7-9-12-21)33-28(34)25-20-31(4)22(19-24(25)29(35)36)14-15-23-26-13-10-17-30(26,3)18-16-27(23)31/h7-9,11-12,14,19,23,25-27H,5-6,10,13,15-18,20H2,1-4H3,(H,33,34)(H,35,36)/t23-,25?,26-,27-,30-,31-/m0/s1. The number of aliphatic carboxylic acids is 1. The molecule has 0 bridgehead atoms. The van der Waals surface area contributed by atoms with E-state index >= 15 is 0 Å². The van der Waals surface area contributed by atoms with Crippen molar-refractivity contribution >= 4 is 11.9 Å². The van der Waals surface area contributed by atoms with Gasteiger partial charge in [0.25, 0.3) is 0 Å². The summed E-state index contributed by atoms with van der Waals surface area (Å²) in [6, 6.07) is 10.1. The molecule has 0 aromatic heterocycles. The number of benzene rings is 1. The lowest BCUT2D eigenvalue weighted by Crippen LogP contribution is -2.53. The van der Waals surface area contributed by atoms with Crippen LogP contribution in [0.15, 0.2) is 53.6 Å². The largest absolute Gasteiger partial charge is 0.478 e. The van der Waals surface area contributed by atoms with Crippen molar-refractivity contribution in [2.45, 2.75) is 91.0 Å². The van der Waals surface area contributed by atoms with Crippen molar-refractivity contribution in [2.24, 2.45) is 34.5 Å². The Bertz CT molecular complexity index is 1080. The average Bonchev–Trinajstić information content (AvgIpc) is 3.28. The second-order valence-corrected chi connectivity index (χ2v) is 12.6.